The number of anilines is 1. The van der Waals surface area contributed by atoms with Crippen LogP contribution in [0, 0.1) is 17.6 Å². The highest BCUT2D eigenvalue weighted by Gasteiger charge is 2.29. The summed E-state index contributed by atoms with van der Waals surface area (Å²) >= 11 is 0. The van der Waals surface area contributed by atoms with E-state index in [0.29, 0.717) is 11.8 Å². The van der Waals surface area contributed by atoms with E-state index in [1.54, 1.807) is 18.2 Å². The van der Waals surface area contributed by atoms with Crippen molar-refractivity contribution in [2.24, 2.45) is 5.92 Å². The Kier molecular flexibility index (Phi) is 6.54. The summed E-state index contributed by atoms with van der Waals surface area (Å²) in [6.45, 7) is 0.283. The van der Waals surface area contributed by atoms with Gasteiger partial charge in [-0.25, -0.2) is 8.78 Å². The molecular weight excluding hydrogens is 380 g/mol. The van der Waals surface area contributed by atoms with Crippen LogP contribution in [-0.4, -0.2) is 24.3 Å². The van der Waals surface area contributed by atoms with E-state index in [9.17, 15) is 23.2 Å². The van der Waals surface area contributed by atoms with E-state index in [2.05, 4.69) is 16.0 Å². The van der Waals surface area contributed by atoms with Crippen molar-refractivity contribution >= 4 is 23.4 Å². The van der Waals surface area contributed by atoms with Crippen LogP contribution in [0.2, 0.25) is 0 Å². The molecule has 0 spiro atoms. The molecule has 1 aliphatic rings. The molecule has 0 unspecified atom stereocenters. The van der Waals surface area contributed by atoms with E-state index in [-0.39, 0.29) is 42.8 Å². The minimum absolute atomic E-state index is 0.00661. The predicted octanol–water partition coefficient (Wildman–Crippen LogP) is 2.75. The Morgan fingerprint density at radius 1 is 1.00 bits per heavy atom. The lowest BCUT2D eigenvalue weighted by molar-refractivity contribution is -0.121. The third-order valence-corrected chi connectivity index (χ3v) is 4.45. The summed E-state index contributed by atoms with van der Waals surface area (Å²) in [5, 5.41) is 8.00. The molecule has 1 fully saturated rings. The van der Waals surface area contributed by atoms with Crippen LogP contribution >= 0.6 is 0 Å². The number of nitrogens with one attached hydrogen (secondary N) is 3. The maximum Gasteiger partial charge on any atom is 0.254 e. The van der Waals surface area contributed by atoms with Crippen LogP contribution in [0.4, 0.5) is 14.5 Å². The standard InChI is InChI=1S/C21H21F2N3O3/c22-15-6-7-17(18(23)11-15)21(29)24-9-8-19(27)25-12-13-2-1-3-16(10-13)26-20(28)14-4-5-14/h1-3,6-7,10-11,14H,4-5,8-9,12H2,(H,24,29)(H,25,27)(H,26,28). The highest BCUT2D eigenvalue weighted by Crippen LogP contribution is 2.30. The van der Waals surface area contributed by atoms with Gasteiger partial charge in [0.25, 0.3) is 5.91 Å². The summed E-state index contributed by atoms with van der Waals surface area (Å²) in [5.74, 6) is -2.61. The zero-order chi connectivity index (χ0) is 20.8. The van der Waals surface area contributed by atoms with E-state index in [1.165, 1.54) is 0 Å². The Morgan fingerprint density at radius 2 is 1.79 bits per heavy atom. The lowest BCUT2D eigenvalue weighted by atomic mass is 10.2. The summed E-state index contributed by atoms with van der Waals surface area (Å²) in [7, 11) is 0. The Balaban J connectivity index is 1.40. The van der Waals surface area contributed by atoms with Crippen molar-refractivity contribution in [2.45, 2.75) is 25.8 Å². The first-order valence-corrected chi connectivity index (χ1v) is 9.32. The van der Waals surface area contributed by atoms with Crippen molar-refractivity contribution in [3.63, 3.8) is 0 Å². The molecule has 152 valence electrons. The minimum Gasteiger partial charge on any atom is -0.352 e. The van der Waals surface area contributed by atoms with E-state index in [4.69, 9.17) is 0 Å². The molecule has 3 rings (SSSR count). The Hall–Kier alpha value is -3.29. The smallest absolute Gasteiger partial charge is 0.254 e. The second kappa shape index (κ2) is 9.27. The molecule has 0 saturated heterocycles. The van der Waals surface area contributed by atoms with Gasteiger partial charge in [0, 0.05) is 37.2 Å². The van der Waals surface area contributed by atoms with Gasteiger partial charge in [-0.3, -0.25) is 14.4 Å². The summed E-state index contributed by atoms with van der Waals surface area (Å²) in [6.07, 6.45) is 1.85. The van der Waals surface area contributed by atoms with Gasteiger partial charge in [0.2, 0.25) is 11.8 Å². The normalized spacial score (nSPS) is 12.9. The Labute approximate surface area is 166 Å². The molecule has 1 saturated carbocycles. The predicted molar refractivity (Wildman–Crippen MR) is 103 cm³/mol. The molecule has 0 bridgehead atoms. The largest absolute Gasteiger partial charge is 0.352 e. The van der Waals surface area contributed by atoms with Gasteiger partial charge in [-0.15, -0.1) is 0 Å². The zero-order valence-corrected chi connectivity index (χ0v) is 15.6. The van der Waals surface area contributed by atoms with Gasteiger partial charge >= 0.3 is 0 Å². The Bertz CT molecular complexity index is 929. The molecule has 8 heteroatoms. The minimum atomic E-state index is -0.958. The summed E-state index contributed by atoms with van der Waals surface area (Å²) in [4.78, 5) is 35.6. The maximum absolute atomic E-state index is 13.5. The van der Waals surface area contributed by atoms with Gasteiger partial charge in [0.1, 0.15) is 11.6 Å². The molecule has 0 heterocycles. The number of hydrogen-bond donors (Lipinski definition) is 3. The fourth-order valence-electron chi connectivity index (χ4n) is 2.70. The molecule has 1 aliphatic carbocycles. The first-order valence-electron chi connectivity index (χ1n) is 9.32. The van der Waals surface area contributed by atoms with E-state index in [0.717, 1.165) is 30.5 Å². The summed E-state index contributed by atoms with van der Waals surface area (Å²) < 4.78 is 26.4. The van der Waals surface area contributed by atoms with Crippen LogP contribution in [0.5, 0.6) is 0 Å². The van der Waals surface area contributed by atoms with Crippen LogP contribution in [0.15, 0.2) is 42.5 Å². The summed E-state index contributed by atoms with van der Waals surface area (Å²) in [5.41, 5.74) is 1.23. The molecule has 29 heavy (non-hydrogen) atoms. The van der Waals surface area contributed by atoms with Gasteiger partial charge in [-0.2, -0.15) is 0 Å². The lowest BCUT2D eigenvalue weighted by Gasteiger charge is -2.09. The van der Waals surface area contributed by atoms with Crippen molar-refractivity contribution < 1.29 is 23.2 Å². The molecule has 3 N–H and O–H groups in total. The van der Waals surface area contributed by atoms with Crippen molar-refractivity contribution in [1.29, 1.82) is 0 Å². The molecule has 0 radical (unpaired) electrons. The van der Waals surface area contributed by atoms with Gasteiger partial charge in [-0.1, -0.05) is 12.1 Å². The number of rotatable bonds is 8. The van der Waals surface area contributed by atoms with Crippen molar-refractivity contribution in [2.75, 3.05) is 11.9 Å². The van der Waals surface area contributed by atoms with Gasteiger partial charge in [0.05, 0.1) is 5.56 Å². The number of benzene rings is 2. The van der Waals surface area contributed by atoms with Crippen molar-refractivity contribution in [1.82, 2.24) is 10.6 Å². The third kappa shape index (κ3) is 6.10. The fourth-order valence-corrected chi connectivity index (χ4v) is 2.70. The average Bonchev–Trinajstić information content (AvgIpc) is 3.52. The molecule has 0 aliphatic heterocycles. The monoisotopic (exact) mass is 401 g/mol. The quantitative estimate of drug-likeness (QED) is 0.636. The number of carbonyl (C=O) groups excluding carboxylic acids is 3. The molecule has 2 aromatic rings. The van der Waals surface area contributed by atoms with Gasteiger partial charge in [0.15, 0.2) is 0 Å². The molecule has 2 aromatic carbocycles. The lowest BCUT2D eigenvalue weighted by Crippen LogP contribution is -2.31. The van der Waals surface area contributed by atoms with Crippen LogP contribution in [0.3, 0.4) is 0 Å². The van der Waals surface area contributed by atoms with E-state index >= 15 is 0 Å². The fraction of sp³-hybridized carbons (Fsp3) is 0.286. The highest BCUT2D eigenvalue weighted by molar-refractivity contribution is 5.95. The third-order valence-electron chi connectivity index (χ3n) is 4.45. The van der Waals surface area contributed by atoms with E-state index < -0.39 is 17.5 Å². The maximum atomic E-state index is 13.5. The average molecular weight is 401 g/mol. The zero-order valence-electron chi connectivity index (χ0n) is 15.6. The number of amides is 3. The van der Waals surface area contributed by atoms with E-state index in [1.807, 2.05) is 6.07 Å². The number of halogens is 2. The first kappa shape index (κ1) is 20.4. The number of carbonyl (C=O) groups is 3. The van der Waals surface area contributed by atoms with Gasteiger partial charge < -0.3 is 16.0 Å². The van der Waals surface area contributed by atoms with Crippen LogP contribution in [0.1, 0.15) is 35.2 Å². The molecular formula is C21H21F2N3O3. The number of hydrogen-bond acceptors (Lipinski definition) is 3. The first-order chi connectivity index (χ1) is 13.9. The van der Waals surface area contributed by atoms with Crippen LogP contribution in [0.25, 0.3) is 0 Å². The molecule has 3 amide bonds. The molecule has 0 aromatic heterocycles. The van der Waals surface area contributed by atoms with Crippen molar-refractivity contribution in [3.05, 3.63) is 65.2 Å². The SMILES string of the molecule is O=C(CCNC(=O)c1ccc(F)cc1F)NCc1cccc(NC(=O)C2CC2)c1. The molecule has 6 nitrogen and oxygen atoms in total. The van der Waals surface area contributed by atoms with Gasteiger partial charge in [-0.05, 0) is 42.7 Å². The van der Waals surface area contributed by atoms with Crippen LogP contribution < -0.4 is 16.0 Å². The highest BCUT2D eigenvalue weighted by atomic mass is 19.1. The second-order valence-corrected chi connectivity index (χ2v) is 6.87. The molecule has 0 atom stereocenters. The van der Waals surface area contributed by atoms with Crippen molar-refractivity contribution in [3.8, 4) is 0 Å². The Morgan fingerprint density at radius 3 is 2.52 bits per heavy atom. The topological polar surface area (TPSA) is 87.3 Å². The summed E-state index contributed by atoms with van der Waals surface area (Å²) in [6, 6.07) is 9.87. The van der Waals surface area contributed by atoms with Crippen LogP contribution in [-0.2, 0) is 16.1 Å². The second-order valence-electron chi connectivity index (χ2n) is 6.87.